The second kappa shape index (κ2) is 8.96. The zero-order chi connectivity index (χ0) is 23.9. The van der Waals surface area contributed by atoms with Crippen molar-refractivity contribution in [2.45, 2.75) is 25.8 Å². The first-order valence-electron chi connectivity index (χ1n) is 12.3. The van der Waals surface area contributed by atoms with Crippen LogP contribution in [0, 0.1) is 0 Å². The molecule has 7 heterocycles. The molecule has 0 saturated carbocycles. The molecule has 1 aliphatic rings. The molecule has 0 unspecified atom stereocenters. The van der Waals surface area contributed by atoms with Crippen LogP contribution in [0.5, 0.6) is 0 Å². The van der Waals surface area contributed by atoms with Crippen LogP contribution in [0.4, 0.5) is 0 Å². The molecule has 1 saturated heterocycles. The number of aromatic amines is 2. The highest BCUT2D eigenvalue weighted by Gasteiger charge is 2.16. The highest BCUT2D eigenvalue weighted by Crippen LogP contribution is 2.35. The number of pyridine rings is 3. The fourth-order valence-electron chi connectivity index (χ4n) is 5.17. The van der Waals surface area contributed by atoms with E-state index in [0.717, 1.165) is 51.1 Å². The van der Waals surface area contributed by atoms with E-state index in [0.29, 0.717) is 0 Å². The second-order valence-corrected chi connectivity index (χ2v) is 10.3. The largest absolute Gasteiger partial charge is 0.338 e. The van der Waals surface area contributed by atoms with E-state index in [9.17, 15) is 0 Å². The van der Waals surface area contributed by atoms with Crippen molar-refractivity contribution in [2.24, 2.45) is 0 Å². The van der Waals surface area contributed by atoms with Crippen molar-refractivity contribution < 1.29 is 0 Å². The van der Waals surface area contributed by atoms with Gasteiger partial charge >= 0.3 is 0 Å². The Morgan fingerprint density at radius 2 is 1.89 bits per heavy atom. The standard InChI is InChI=1S/C28H25N7S/c1-2-8-35(9-3-1)17-18-11-19(15-29-14-18)23-13-22-25(16-31-23)33-34-27(22)24-12-21-20(26-5-4-10-36-26)6-7-30-28(21)32-24/h4-7,10-16H,1-3,8-9,17H2,(H,30,32)(H,33,34). The first kappa shape index (κ1) is 21.4. The number of fused-ring (bicyclic) bond motifs is 2. The van der Waals surface area contributed by atoms with Crippen molar-refractivity contribution in [3.8, 4) is 33.1 Å². The predicted octanol–water partition coefficient (Wildman–Crippen LogP) is 6.28. The quantitative estimate of drug-likeness (QED) is 0.296. The minimum atomic E-state index is 0.857. The van der Waals surface area contributed by atoms with Crippen LogP contribution in [-0.2, 0) is 6.54 Å². The summed E-state index contributed by atoms with van der Waals surface area (Å²) in [6, 6.07) is 12.8. The Morgan fingerprint density at radius 3 is 2.78 bits per heavy atom. The molecule has 0 aromatic carbocycles. The molecule has 1 aliphatic heterocycles. The Morgan fingerprint density at radius 1 is 0.944 bits per heavy atom. The number of hydrogen-bond donors (Lipinski definition) is 2. The van der Waals surface area contributed by atoms with Crippen molar-refractivity contribution in [2.75, 3.05) is 13.1 Å². The number of hydrogen-bond acceptors (Lipinski definition) is 6. The summed E-state index contributed by atoms with van der Waals surface area (Å²) in [6.45, 7) is 3.27. The van der Waals surface area contributed by atoms with Crippen molar-refractivity contribution in [1.29, 1.82) is 0 Å². The smallest absolute Gasteiger partial charge is 0.138 e. The minimum absolute atomic E-state index is 0.857. The molecule has 6 aromatic rings. The van der Waals surface area contributed by atoms with E-state index in [-0.39, 0.29) is 0 Å². The van der Waals surface area contributed by atoms with Gasteiger partial charge < -0.3 is 4.98 Å². The first-order valence-corrected chi connectivity index (χ1v) is 13.2. The molecule has 7 nitrogen and oxygen atoms in total. The van der Waals surface area contributed by atoms with E-state index in [4.69, 9.17) is 4.98 Å². The van der Waals surface area contributed by atoms with Gasteiger partial charge in [0, 0.05) is 51.9 Å². The summed E-state index contributed by atoms with van der Waals surface area (Å²) in [5.74, 6) is 0. The molecular weight excluding hydrogens is 466 g/mol. The van der Waals surface area contributed by atoms with Gasteiger partial charge in [0.2, 0.25) is 0 Å². The van der Waals surface area contributed by atoms with E-state index in [2.05, 4.69) is 71.8 Å². The molecular formula is C28H25N7S. The van der Waals surface area contributed by atoms with Gasteiger partial charge in [0.25, 0.3) is 0 Å². The molecule has 0 amide bonds. The molecule has 178 valence electrons. The van der Waals surface area contributed by atoms with Gasteiger partial charge in [-0.15, -0.1) is 11.3 Å². The van der Waals surface area contributed by atoms with Crippen LogP contribution >= 0.6 is 11.3 Å². The zero-order valence-electron chi connectivity index (χ0n) is 19.7. The summed E-state index contributed by atoms with van der Waals surface area (Å²) >= 11 is 1.73. The van der Waals surface area contributed by atoms with Gasteiger partial charge in [-0.25, -0.2) is 4.98 Å². The molecule has 2 N–H and O–H groups in total. The number of thiophene rings is 1. The Hall–Kier alpha value is -3.88. The van der Waals surface area contributed by atoms with Gasteiger partial charge in [-0.1, -0.05) is 12.5 Å². The maximum atomic E-state index is 4.72. The van der Waals surface area contributed by atoms with Gasteiger partial charge in [-0.3, -0.25) is 20.0 Å². The second-order valence-electron chi connectivity index (χ2n) is 9.39. The fourth-order valence-corrected chi connectivity index (χ4v) is 5.94. The highest BCUT2D eigenvalue weighted by atomic mass is 32.1. The highest BCUT2D eigenvalue weighted by molar-refractivity contribution is 7.13. The van der Waals surface area contributed by atoms with E-state index in [1.165, 1.54) is 48.4 Å². The van der Waals surface area contributed by atoms with Crippen molar-refractivity contribution >= 4 is 33.3 Å². The number of aromatic nitrogens is 6. The van der Waals surface area contributed by atoms with Gasteiger partial charge in [0.05, 0.1) is 23.1 Å². The molecule has 1 fully saturated rings. The molecule has 0 atom stereocenters. The molecule has 0 bridgehead atoms. The summed E-state index contributed by atoms with van der Waals surface area (Å²) in [5, 5.41) is 12.0. The van der Waals surface area contributed by atoms with Crippen LogP contribution in [0.1, 0.15) is 24.8 Å². The fraction of sp³-hybridized carbons (Fsp3) is 0.214. The lowest BCUT2D eigenvalue weighted by Crippen LogP contribution is -2.29. The summed E-state index contributed by atoms with van der Waals surface area (Å²) in [4.78, 5) is 21.0. The number of H-pyrrole nitrogens is 2. The Kier molecular flexibility index (Phi) is 5.33. The number of rotatable bonds is 5. The van der Waals surface area contributed by atoms with Crippen LogP contribution in [-0.4, -0.2) is 48.1 Å². The molecule has 0 spiro atoms. The first-order chi connectivity index (χ1) is 17.8. The molecule has 0 radical (unpaired) electrons. The van der Waals surface area contributed by atoms with E-state index in [1.54, 1.807) is 11.3 Å². The van der Waals surface area contributed by atoms with Crippen LogP contribution < -0.4 is 0 Å². The summed E-state index contributed by atoms with van der Waals surface area (Å²) in [6.07, 6.45) is 11.5. The topological polar surface area (TPSA) is 86.4 Å². The average Bonchev–Trinajstić information content (AvgIpc) is 3.68. The van der Waals surface area contributed by atoms with Crippen LogP contribution in [0.2, 0.25) is 0 Å². The Labute approximate surface area is 212 Å². The molecule has 36 heavy (non-hydrogen) atoms. The Balaban J connectivity index is 1.26. The van der Waals surface area contributed by atoms with E-state index in [1.807, 2.05) is 24.8 Å². The average molecular weight is 492 g/mol. The molecule has 8 heteroatoms. The van der Waals surface area contributed by atoms with Gasteiger partial charge in [0.15, 0.2) is 0 Å². The van der Waals surface area contributed by atoms with Crippen molar-refractivity contribution in [3.05, 3.63) is 72.1 Å². The third-order valence-corrected chi connectivity index (χ3v) is 7.87. The van der Waals surface area contributed by atoms with Crippen LogP contribution in [0.25, 0.3) is 55.0 Å². The van der Waals surface area contributed by atoms with Gasteiger partial charge in [-0.05, 0) is 67.2 Å². The minimum Gasteiger partial charge on any atom is -0.338 e. The maximum absolute atomic E-state index is 4.72. The molecule has 7 rings (SSSR count). The van der Waals surface area contributed by atoms with E-state index < -0.39 is 0 Å². The number of likely N-dealkylation sites (tertiary alicyclic amines) is 1. The van der Waals surface area contributed by atoms with E-state index >= 15 is 0 Å². The zero-order valence-corrected chi connectivity index (χ0v) is 20.6. The Bertz CT molecular complexity index is 1660. The monoisotopic (exact) mass is 491 g/mol. The summed E-state index contributed by atoms with van der Waals surface area (Å²) < 4.78 is 0. The lowest BCUT2D eigenvalue weighted by atomic mass is 10.1. The SMILES string of the molecule is c1csc(-c2ccnc3[nH]c(-c4n[nH]c5cnc(-c6cncc(CN7CCCCC7)c6)cc45)cc23)c1. The van der Waals surface area contributed by atoms with Gasteiger partial charge in [-0.2, -0.15) is 5.10 Å². The number of piperidine rings is 1. The lowest BCUT2D eigenvalue weighted by molar-refractivity contribution is 0.220. The van der Waals surface area contributed by atoms with Crippen molar-refractivity contribution in [3.63, 3.8) is 0 Å². The third-order valence-electron chi connectivity index (χ3n) is 6.97. The summed E-state index contributed by atoms with van der Waals surface area (Å²) in [5.41, 5.74) is 7.88. The van der Waals surface area contributed by atoms with Crippen LogP contribution in [0.3, 0.4) is 0 Å². The molecule has 0 aliphatic carbocycles. The van der Waals surface area contributed by atoms with Crippen molar-refractivity contribution in [1.82, 2.24) is 35.0 Å². The predicted molar refractivity (Wildman–Crippen MR) is 145 cm³/mol. The summed E-state index contributed by atoms with van der Waals surface area (Å²) in [7, 11) is 0. The third kappa shape index (κ3) is 3.88. The number of nitrogens with one attached hydrogen (secondary N) is 2. The molecule has 6 aromatic heterocycles. The van der Waals surface area contributed by atoms with Gasteiger partial charge in [0.1, 0.15) is 11.3 Å². The lowest BCUT2D eigenvalue weighted by Gasteiger charge is -2.26. The normalized spacial score (nSPS) is 14.7. The number of nitrogens with zero attached hydrogens (tertiary/aromatic N) is 5. The maximum Gasteiger partial charge on any atom is 0.138 e. The van der Waals surface area contributed by atoms with Crippen LogP contribution in [0.15, 0.2) is 66.6 Å².